The van der Waals surface area contributed by atoms with Crippen LogP contribution in [0, 0.1) is 5.92 Å². The number of methoxy groups -OCH3 is 1. The third-order valence-electron chi connectivity index (χ3n) is 5.38. The van der Waals surface area contributed by atoms with Crippen LogP contribution in [-0.4, -0.2) is 57.9 Å². The first-order chi connectivity index (χ1) is 15.4. The minimum absolute atomic E-state index is 0.106. The Kier molecular flexibility index (Phi) is 8.38. The molecule has 32 heavy (non-hydrogen) atoms. The lowest BCUT2D eigenvalue weighted by Gasteiger charge is -2.31. The summed E-state index contributed by atoms with van der Waals surface area (Å²) in [5.41, 5.74) is 0.771. The minimum Gasteiger partial charge on any atom is -0.385 e. The van der Waals surface area contributed by atoms with Gasteiger partial charge in [0.15, 0.2) is 0 Å². The van der Waals surface area contributed by atoms with Crippen LogP contribution in [-0.2, 0) is 19.6 Å². The molecule has 8 nitrogen and oxygen atoms in total. The summed E-state index contributed by atoms with van der Waals surface area (Å²) in [5, 5.41) is 5.64. The zero-order chi connectivity index (χ0) is 23.0. The number of sulfonamides is 1. The van der Waals surface area contributed by atoms with Gasteiger partial charge in [-0.15, -0.1) is 0 Å². The first-order valence-electron chi connectivity index (χ1n) is 10.7. The lowest BCUT2D eigenvalue weighted by atomic mass is 9.98. The predicted molar refractivity (Wildman–Crippen MR) is 122 cm³/mol. The molecule has 1 fully saturated rings. The number of carbonyl (C=O) groups excluding carboxylic acids is 2. The van der Waals surface area contributed by atoms with Crippen molar-refractivity contribution in [2.45, 2.75) is 24.2 Å². The highest BCUT2D eigenvalue weighted by atomic mass is 32.2. The van der Waals surface area contributed by atoms with Crippen molar-refractivity contribution >= 4 is 27.5 Å². The summed E-state index contributed by atoms with van der Waals surface area (Å²) in [7, 11) is -2.06. The predicted octanol–water partition coefficient (Wildman–Crippen LogP) is 2.49. The number of para-hydroxylation sites is 1. The molecule has 172 valence electrons. The summed E-state index contributed by atoms with van der Waals surface area (Å²) in [5.74, 6) is -1.08. The summed E-state index contributed by atoms with van der Waals surface area (Å²) in [6.45, 7) is 1.49. The van der Waals surface area contributed by atoms with Gasteiger partial charge in [0.2, 0.25) is 15.9 Å². The van der Waals surface area contributed by atoms with E-state index in [9.17, 15) is 18.0 Å². The van der Waals surface area contributed by atoms with Crippen molar-refractivity contribution in [1.29, 1.82) is 0 Å². The summed E-state index contributed by atoms with van der Waals surface area (Å²) in [4.78, 5) is 25.7. The average molecular weight is 460 g/mol. The molecule has 9 heteroatoms. The summed E-state index contributed by atoms with van der Waals surface area (Å²) in [6, 6.07) is 15.0. The van der Waals surface area contributed by atoms with Gasteiger partial charge in [-0.3, -0.25) is 9.59 Å². The molecule has 1 saturated heterocycles. The Bertz CT molecular complexity index is 1030. The monoisotopic (exact) mass is 459 g/mol. The van der Waals surface area contributed by atoms with Gasteiger partial charge in [-0.25, -0.2) is 8.42 Å². The maximum Gasteiger partial charge on any atom is 0.253 e. The second kappa shape index (κ2) is 11.2. The Morgan fingerprint density at radius 1 is 1.09 bits per heavy atom. The van der Waals surface area contributed by atoms with Crippen LogP contribution in [0.2, 0.25) is 0 Å². The van der Waals surface area contributed by atoms with Crippen LogP contribution >= 0.6 is 0 Å². The topological polar surface area (TPSA) is 105 Å². The first kappa shape index (κ1) is 23.9. The first-order valence-corrected chi connectivity index (χ1v) is 12.1. The molecule has 0 bridgehead atoms. The van der Waals surface area contributed by atoms with Crippen LogP contribution < -0.4 is 10.6 Å². The standard InChI is InChI=1S/C23H29N3O5S/c1-31-16-8-14-24-23(28)20-12-5-6-13-21(20)25-22(27)18-9-7-15-26(17-18)32(29,30)19-10-3-2-4-11-19/h2-6,10-13,18H,7-9,14-17H2,1H3,(H,24,28)(H,25,27). The third kappa shape index (κ3) is 5.93. The van der Waals surface area contributed by atoms with Crippen LogP contribution in [0.5, 0.6) is 0 Å². The quantitative estimate of drug-likeness (QED) is 0.561. The number of anilines is 1. The number of ether oxygens (including phenoxy) is 1. The molecule has 0 aromatic heterocycles. The van der Waals surface area contributed by atoms with Gasteiger partial charge in [0, 0.05) is 33.4 Å². The Morgan fingerprint density at radius 3 is 2.56 bits per heavy atom. The van der Waals surface area contributed by atoms with Gasteiger partial charge in [0.05, 0.1) is 22.1 Å². The van der Waals surface area contributed by atoms with Gasteiger partial charge in [-0.1, -0.05) is 30.3 Å². The van der Waals surface area contributed by atoms with E-state index in [1.54, 1.807) is 61.7 Å². The lowest BCUT2D eigenvalue weighted by molar-refractivity contribution is -0.120. The normalized spacial score (nSPS) is 17.0. The molecule has 2 N–H and O–H groups in total. The molecule has 0 radical (unpaired) electrons. The zero-order valence-electron chi connectivity index (χ0n) is 18.1. The van der Waals surface area contributed by atoms with E-state index in [1.807, 2.05) is 0 Å². The molecule has 1 unspecified atom stereocenters. The van der Waals surface area contributed by atoms with Crippen LogP contribution in [0.3, 0.4) is 0 Å². The van der Waals surface area contributed by atoms with E-state index in [0.29, 0.717) is 50.2 Å². The van der Waals surface area contributed by atoms with Crippen LogP contribution in [0.4, 0.5) is 5.69 Å². The van der Waals surface area contributed by atoms with E-state index < -0.39 is 15.9 Å². The molecule has 2 amide bonds. The van der Waals surface area contributed by atoms with Crippen LogP contribution in [0.15, 0.2) is 59.5 Å². The number of benzene rings is 2. The smallest absolute Gasteiger partial charge is 0.253 e. The van der Waals surface area contributed by atoms with E-state index >= 15 is 0 Å². The third-order valence-corrected chi connectivity index (χ3v) is 7.26. The molecule has 1 heterocycles. The molecule has 1 atom stereocenters. The maximum atomic E-state index is 13.0. The molecular weight excluding hydrogens is 430 g/mol. The SMILES string of the molecule is COCCCNC(=O)c1ccccc1NC(=O)C1CCCN(S(=O)(=O)c2ccccc2)C1. The number of amides is 2. The van der Waals surface area contributed by atoms with E-state index in [0.717, 1.165) is 0 Å². The Morgan fingerprint density at radius 2 is 1.81 bits per heavy atom. The average Bonchev–Trinajstić information content (AvgIpc) is 2.82. The van der Waals surface area contributed by atoms with E-state index in [2.05, 4.69) is 10.6 Å². The maximum absolute atomic E-state index is 13.0. The molecule has 2 aromatic carbocycles. The summed E-state index contributed by atoms with van der Waals surface area (Å²) < 4.78 is 32.2. The van der Waals surface area contributed by atoms with Crippen molar-refractivity contribution in [3.63, 3.8) is 0 Å². The summed E-state index contributed by atoms with van der Waals surface area (Å²) in [6.07, 6.45) is 1.86. The fraction of sp³-hybridized carbons (Fsp3) is 0.391. The molecule has 2 aromatic rings. The molecule has 1 aliphatic rings. The van der Waals surface area contributed by atoms with Crippen molar-refractivity contribution in [2.75, 3.05) is 38.7 Å². The number of rotatable bonds is 9. The Labute approximate surface area is 189 Å². The molecule has 0 saturated carbocycles. The van der Waals surface area contributed by atoms with Crippen molar-refractivity contribution in [2.24, 2.45) is 5.92 Å². The van der Waals surface area contributed by atoms with E-state index in [-0.39, 0.29) is 23.3 Å². The number of hydrogen-bond acceptors (Lipinski definition) is 5. The molecule has 3 rings (SSSR count). The number of nitrogens with one attached hydrogen (secondary N) is 2. The van der Waals surface area contributed by atoms with Gasteiger partial charge in [0.25, 0.3) is 5.91 Å². The molecule has 1 aliphatic heterocycles. The fourth-order valence-corrected chi connectivity index (χ4v) is 5.20. The highest BCUT2D eigenvalue weighted by Gasteiger charge is 2.33. The summed E-state index contributed by atoms with van der Waals surface area (Å²) >= 11 is 0. The number of nitrogens with zero attached hydrogens (tertiary/aromatic N) is 1. The minimum atomic E-state index is -3.66. The molecule has 0 aliphatic carbocycles. The number of piperidine rings is 1. The van der Waals surface area contributed by atoms with Crippen molar-refractivity contribution in [3.05, 3.63) is 60.2 Å². The second-order valence-electron chi connectivity index (χ2n) is 7.65. The van der Waals surface area contributed by atoms with Gasteiger partial charge in [-0.05, 0) is 43.5 Å². The van der Waals surface area contributed by atoms with Crippen LogP contribution in [0.25, 0.3) is 0 Å². The highest BCUT2D eigenvalue weighted by Crippen LogP contribution is 2.25. The Hall–Kier alpha value is -2.75. The van der Waals surface area contributed by atoms with E-state index in [4.69, 9.17) is 4.74 Å². The molecular formula is C23H29N3O5S. The van der Waals surface area contributed by atoms with Crippen LogP contribution in [0.1, 0.15) is 29.6 Å². The lowest BCUT2D eigenvalue weighted by Crippen LogP contribution is -2.43. The highest BCUT2D eigenvalue weighted by molar-refractivity contribution is 7.89. The van der Waals surface area contributed by atoms with Gasteiger partial charge >= 0.3 is 0 Å². The number of carbonyl (C=O) groups is 2. The second-order valence-corrected chi connectivity index (χ2v) is 9.59. The van der Waals surface area contributed by atoms with Gasteiger partial charge in [-0.2, -0.15) is 4.31 Å². The van der Waals surface area contributed by atoms with Gasteiger partial charge < -0.3 is 15.4 Å². The zero-order valence-corrected chi connectivity index (χ0v) is 18.9. The fourth-order valence-electron chi connectivity index (χ4n) is 3.65. The molecule has 0 spiro atoms. The van der Waals surface area contributed by atoms with Crippen molar-refractivity contribution < 1.29 is 22.7 Å². The van der Waals surface area contributed by atoms with E-state index in [1.165, 1.54) is 4.31 Å². The van der Waals surface area contributed by atoms with Crippen molar-refractivity contribution in [1.82, 2.24) is 9.62 Å². The number of hydrogen-bond donors (Lipinski definition) is 2. The largest absolute Gasteiger partial charge is 0.385 e. The van der Waals surface area contributed by atoms with Crippen molar-refractivity contribution in [3.8, 4) is 0 Å². The Balaban J connectivity index is 1.67. The van der Waals surface area contributed by atoms with Gasteiger partial charge in [0.1, 0.15) is 0 Å².